The lowest BCUT2D eigenvalue weighted by Gasteiger charge is -2.06. The van der Waals surface area contributed by atoms with E-state index in [0.29, 0.717) is 0 Å². The van der Waals surface area contributed by atoms with Crippen LogP contribution in [0.4, 0.5) is 5.69 Å². The van der Waals surface area contributed by atoms with Crippen molar-refractivity contribution in [2.45, 2.75) is 13.8 Å². The van der Waals surface area contributed by atoms with Crippen LogP contribution in [0, 0.1) is 13.8 Å². The number of nitrogen functional groups attached to an aromatic ring is 1. The molecule has 0 aliphatic rings. The Balaban J connectivity index is 2.99. The summed E-state index contributed by atoms with van der Waals surface area (Å²) in [5.74, 6) is 0. The third-order valence-corrected chi connectivity index (χ3v) is 2.59. The van der Waals surface area contributed by atoms with E-state index >= 15 is 0 Å². The summed E-state index contributed by atoms with van der Waals surface area (Å²) >= 11 is 0. The smallest absolute Gasteiger partial charge is 0.0528 e. The first-order valence-electron chi connectivity index (χ1n) is 4.42. The molecule has 1 aromatic heterocycles. The van der Waals surface area contributed by atoms with Gasteiger partial charge in [-0.1, -0.05) is 6.07 Å². The second-order valence-electron chi connectivity index (χ2n) is 3.61. The molecule has 0 bridgehead atoms. The number of hydrogen-bond acceptors (Lipinski definition) is 1. The van der Waals surface area contributed by atoms with E-state index in [2.05, 4.69) is 30.5 Å². The first-order valence-corrected chi connectivity index (χ1v) is 4.42. The molecule has 0 aliphatic carbocycles. The van der Waals surface area contributed by atoms with Gasteiger partial charge in [-0.25, -0.2) is 0 Å². The summed E-state index contributed by atoms with van der Waals surface area (Å²) in [6.45, 7) is 4.17. The molecular weight excluding hydrogens is 160 g/mol. The van der Waals surface area contributed by atoms with Gasteiger partial charge in [0.25, 0.3) is 0 Å². The Hall–Kier alpha value is -1.44. The monoisotopic (exact) mass is 174 g/mol. The van der Waals surface area contributed by atoms with Gasteiger partial charge in [-0.15, -0.1) is 0 Å². The quantitative estimate of drug-likeness (QED) is 0.611. The molecule has 0 saturated heterocycles. The van der Waals surface area contributed by atoms with Crippen molar-refractivity contribution < 1.29 is 0 Å². The van der Waals surface area contributed by atoms with Crippen LogP contribution in [0.15, 0.2) is 18.3 Å². The molecule has 0 spiro atoms. The van der Waals surface area contributed by atoms with E-state index in [4.69, 9.17) is 5.73 Å². The topological polar surface area (TPSA) is 30.9 Å². The molecule has 0 radical (unpaired) electrons. The van der Waals surface area contributed by atoms with Gasteiger partial charge < -0.3 is 10.3 Å². The number of anilines is 1. The second kappa shape index (κ2) is 2.52. The molecule has 2 rings (SSSR count). The summed E-state index contributed by atoms with van der Waals surface area (Å²) in [6.07, 6.45) is 2.05. The molecule has 0 atom stereocenters. The molecule has 0 amide bonds. The van der Waals surface area contributed by atoms with Crippen molar-refractivity contribution in [1.82, 2.24) is 4.57 Å². The highest BCUT2D eigenvalue weighted by atomic mass is 14.9. The number of benzene rings is 1. The summed E-state index contributed by atoms with van der Waals surface area (Å²) in [5.41, 5.74) is 10.6. The van der Waals surface area contributed by atoms with Crippen LogP contribution in [-0.4, -0.2) is 4.57 Å². The van der Waals surface area contributed by atoms with Crippen molar-refractivity contribution in [2.24, 2.45) is 7.05 Å². The van der Waals surface area contributed by atoms with Crippen molar-refractivity contribution in [3.8, 4) is 0 Å². The van der Waals surface area contributed by atoms with Crippen LogP contribution in [0.25, 0.3) is 10.9 Å². The number of nitrogens with zero attached hydrogens (tertiary/aromatic N) is 1. The van der Waals surface area contributed by atoms with E-state index in [1.54, 1.807) is 0 Å². The predicted octanol–water partition coefficient (Wildman–Crippen LogP) is 2.38. The average molecular weight is 174 g/mol. The summed E-state index contributed by atoms with van der Waals surface area (Å²) in [7, 11) is 2.05. The standard InChI is InChI=1S/C11H14N2/c1-7-6-8(2)11-9(10(7)12)4-5-13(11)3/h4-6H,12H2,1-3H3. The summed E-state index contributed by atoms with van der Waals surface area (Å²) in [5, 5.41) is 1.17. The number of fused-ring (bicyclic) bond motifs is 1. The Morgan fingerprint density at radius 1 is 1.23 bits per heavy atom. The Bertz CT molecular complexity index is 466. The van der Waals surface area contributed by atoms with Gasteiger partial charge in [-0.2, -0.15) is 0 Å². The third kappa shape index (κ3) is 1.02. The molecular formula is C11H14N2. The van der Waals surface area contributed by atoms with Crippen LogP contribution >= 0.6 is 0 Å². The minimum atomic E-state index is 0.904. The maximum Gasteiger partial charge on any atom is 0.0528 e. The van der Waals surface area contributed by atoms with Gasteiger partial charge in [-0.05, 0) is 31.0 Å². The summed E-state index contributed by atoms with van der Waals surface area (Å²) in [6, 6.07) is 4.21. The van der Waals surface area contributed by atoms with Crippen LogP contribution in [0.5, 0.6) is 0 Å². The molecule has 0 fully saturated rings. The normalized spacial score (nSPS) is 11.0. The SMILES string of the molecule is Cc1cc(C)c2c(ccn2C)c1N. The molecule has 2 nitrogen and oxygen atoms in total. The lowest BCUT2D eigenvalue weighted by molar-refractivity contribution is 0.964. The zero-order valence-electron chi connectivity index (χ0n) is 8.26. The van der Waals surface area contributed by atoms with Gasteiger partial charge in [0.1, 0.15) is 0 Å². The van der Waals surface area contributed by atoms with Gasteiger partial charge in [0.2, 0.25) is 0 Å². The first-order chi connectivity index (χ1) is 6.11. The molecule has 68 valence electrons. The highest BCUT2D eigenvalue weighted by Crippen LogP contribution is 2.27. The largest absolute Gasteiger partial charge is 0.398 e. The third-order valence-electron chi connectivity index (χ3n) is 2.59. The number of hydrogen-bond donors (Lipinski definition) is 1. The fourth-order valence-corrected chi connectivity index (χ4v) is 1.92. The molecule has 2 heteroatoms. The van der Waals surface area contributed by atoms with Crippen molar-refractivity contribution >= 4 is 16.6 Å². The molecule has 0 aliphatic heterocycles. The van der Waals surface area contributed by atoms with E-state index in [9.17, 15) is 0 Å². The zero-order chi connectivity index (χ0) is 9.59. The van der Waals surface area contributed by atoms with E-state index in [0.717, 1.165) is 11.3 Å². The molecule has 2 aromatic rings. The van der Waals surface area contributed by atoms with Crippen LogP contribution < -0.4 is 5.73 Å². The number of aromatic nitrogens is 1. The van der Waals surface area contributed by atoms with E-state index in [1.165, 1.54) is 16.5 Å². The van der Waals surface area contributed by atoms with Crippen molar-refractivity contribution in [3.05, 3.63) is 29.5 Å². The van der Waals surface area contributed by atoms with E-state index < -0.39 is 0 Å². The van der Waals surface area contributed by atoms with Crippen molar-refractivity contribution in [2.75, 3.05) is 5.73 Å². The minimum Gasteiger partial charge on any atom is -0.398 e. The summed E-state index contributed by atoms with van der Waals surface area (Å²) in [4.78, 5) is 0. The number of rotatable bonds is 0. The summed E-state index contributed by atoms with van der Waals surface area (Å²) < 4.78 is 2.11. The van der Waals surface area contributed by atoms with Gasteiger partial charge in [0.15, 0.2) is 0 Å². The fraction of sp³-hybridized carbons (Fsp3) is 0.273. The average Bonchev–Trinajstić information content (AvgIpc) is 2.44. The molecule has 2 N–H and O–H groups in total. The molecule has 0 saturated carbocycles. The van der Waals surface area contributed by atoms with Crippen LogP contribution in [0.3, 0.4) is 0 Å². The molecule has 13 heavy (non-hydrogen) atoms. The van der Waals surface area contributed by atoms with Gasteiger partial charge >= 0.3 is 0 Å². The second-order valence-corrected chi connectivity index (χ2v) is 3.61. The number of aryl methyl sites for hydroxylation is 3. The van der Waals surface area contributed by atoms with Gasteiger partial charge in [0, 0.05) is 24.3 Å². The van der Waals surface area contributed by atoms with Crippen LogP contribution in [0.1, 0.15) is 11.1 Å². The minimum absolute atomic E-state index is 0.904. The zero-order valence-corrected chi connectivity index (χ0v) is 8.26. The van der Waals surface area contributed by atoms with Crippen LogP contribution in [-0.2, 0) is 7.05 Å². The lowest BCUT2D eigenvalue weighted by Crippen LogP contribution is -1.94. The maximum atomic E-state index is 5.99. The van der Waals surface area contributed by atoms with Crippen molar-refractivity contribution in [3.63, 3.8) is 0 Å². The van der Waals surface area contributed by atoms with E-state index in [-0.39, 0.29) is 0 Å². The fourth-order valence-electron chi connectivity index (χ4n) is 1.92. The van der Waals surface area contributed by atoms with E-state index in [1.807, 2.05) is 13.2 Å². The lowest BCUT2D eigenvalue weighted by atomic mass is 10.1. The van der Waals surface area contributed by atoms with Crippen molar-refractivity contribution in [1.29, 1.82) is 0 Å². The Labute approximate surface area is 78.0 Å². The Kier molecular flexibility index (Phi) is 1.59. The highest BCUT2D eigenvalue weighted by molar-refractivity contribution is 5.95. The predicted molar refractivity (Wildman–Crippen MR) is 56.8 cm³/mol. The molecule has 1 heterocycles. The van der Waals surface area contributed by atoms with Crippen LogP contribution in [0.2, 0.25) is 0 Å². The first kappa shape index (κ1) is 8.17. The highest BCUT2D eigenvalue weighted by Gasteiger charge is 2.06. The maximum absolute atomic E-state index is 5.99. The molecule has 0 unspecified atom stereocenters. The number of nitrogens with two attached hydrogens (primary N) is 1. The van der Waals surface area contributed by atoms with Gasteiger partial charge in [-0.3, -0.25) is 0 Å². The molecule has 1 aromatic carbocycles. The Morgan fingerprint density at radius 3 is 2.62 bits per heavy atom. The van der Waals surface area contributed by atoms with Gasteiger partial charge in [0.05, 0.1) is 5.52 Å². The Morgan fingerprint density at radius 2 is 1.92 bits per heavy atom.